The van der Waals surface area contributed by atoms with Crippen LogP contribution in [0, 0.1) is 0 Å². The number of nitrogens with zero attached hydrogens (tertiary/aromatic N) is 2. The monoisotopic (exact) mass is 750 g/mol. The van der Waals surface area contributed by atoms with Gasteiger partial charge in [-0.15, -0.1) is 0 Å². The van der Waals surface area contributed by atoms with E-state index in [1.165, 1.54) is 59.9 Å². The van der Waals surface area contributed by atoms with Gasteiger partial charge in [-0.3, -0.25) is 0 Å². The minimum atomic E-state index is -0.329. The maximum Gasteiger partial charge on any atom is 0.434 e. The molecule has 0 bridgehead atoms. The van der Waals surface area contributed by atoms with Gasteiger partial charge in [0.05, 0.1) is 33.3 Å². The van der Waals surface area contributed by atoms with Crippen LogP contribution in [-0.4, -0.2) is 15.9 Å². The summed E-state index contributed by atoms with van der Waals surface area (Å²) in [5, 5.41) is 7.60. The fourth-order valence-electron chi connectivity index (χ4n) is 10.4. The summed E-state index contributed by atoms with van der Waals surface area (Å²) in [5.41, 5.74) is 16.1. The topological polar surface area (TPSA) is 27.8 Å². The van der Waals surface area contributed by atoms with E-state index in [9.17, 15) is 0 Å². The zero-order valence-electron chi connectivity index (χ0n) is 31.7. The van der Waals surface area contributed by atoms with Crippen molar-refractivity contribution in [1.29, 1.82) is 0 Å². The van der Waals surface area contributed by atoms with E-state index in [-0.39, 0.29) is 6.92 Å². The molecule has 0 unspecified atom stereocenters. The summed E-state index contributed by atoms with van der Waals surface area (Å²) in [6, 6.07) is 68.0. The van der Waals surface area contributed by atoms with Crippen molar-refractivity contribution in [3.8, 4) is 56.3 Å². The molecule has 59 heavy (non-hydrogen) atoms. The molecule has 0 N–H and O–H groups in total. The van der Waals surface area contributed by atoms with Gasteiger partial charge in [0, 0.05) is 54.4 Å². The maximum atomic E-state index is 6.99. The summed E-state index contributed by atoms with van der Waals surface area (Å²) < 4.78 is 18.8. The minimum absolute atomic E-state index is 0.329. The number of hydrogen-bond donors (Lipinski definition) is 0. The largest absolute Gasteiger partial charge is 0.551 e. The van der Waals surface area contributed by atoms with Crippen molar-refractivity contribution in [2.24, 2.45) is 0 Å². The van der Waals surface area contributed by atoms with Crippen LogP contribution in [0.25, 0.3) is 99.0 Å². The molecule has 3 aromatic heterocycles. The van der Waals surface area contributed by atoms with Crippen LogP contribution in [-0.2, 0) is 0 Å². The molecule has 0 atom stereocenters. The van der Waals surface area contributed by atoms with E-state index < -0.39 is 0 Å². The third kappa shape index (κ3) is 4.18. The predicted molar refractivity (Wildman–Crippen MR) is 244 cm³/mol. The van der Waals surface area contributed by atoms with Crippen molar-refractivity contribution in [3.63, 3.8) is 0 Å². The number of fused-ring (bicyclic) bond motifs is 13. The van der Waals surface area contributed by atoms with Gasteiger partial charge in [-0.25, -0.2) is 0 Å². The molecule has 0 spiro atoms. The third-order valence-corrected chi connectivity index (χ3v) is 12.9. The van der Waals surface area contributed by atoms with Crippen LogP contribution in [0.4, 0.5) is 0 Å². The number of rotatable bonds is 3. The second kappa shape index (κ2) is 11.4. The summed E-state index contributed by atoms with van der Waals surface area (Å²) in [7, 11) is 0. The Bertz CT molecular complexity index is 3710. The van der Waals surface area contributed by atoms with Gasteiger partial charge in [0.2, 0.25) is 0 Å². The molecule has 2 aliphatic rings. The van der Waals surface area contributed by atoms with Crippen molar-refractivity contribution in [2.45, 2.75) is 0 Å². The number of ether oxygens (including phenoxy) is 1. The lowest BCUT2D eigenvalue weighted by atomic mass is 9.50. The standard InChI is InChI=1S/C54H31BN2O2/c1-6-19-45(56-46-20-7-2-13-36(46)37-14-3-8-21-47(37)56)35(12-1)33-25-27-51-44(30-33)55-53-43(39-16-5-10-23-50(39)59-55)29-34(31-52(53)58-51)32-24-26-49-42(28-32)41-18-11-17-40-38-15-4-9-22-48(38)57(49)54(40)41/h1-31H. The van der Waals surface area contributed by atoms with Crippen LogP contribution < -0.4 is 20.3 Å². The Morgan fingerprint density at radius 1 is 0.373 bits per heavy atom. The van der Waals surface area contributed by atoms with Crippen molar-refractivity contribution in [2.75, 3.05) is 0 Å². The molecular weight excluding hydrogens is 719 g/mol. The molecule has 0 radical (unpaired) electrons. The highest BCUT2D eigenvalue weighted by Gasteiger charge is 2.41. The lowest BCUT2D eigenvalue weighted by Crippen LogP contribution is -2.53. The molecule has 4 nitrogen and oxygen atoms in total. The van der Waals surface area contributed by atoms with Gasteiger partial charge >= 0.3 is 6.92 Å². The molecule has 0 fully saturated rings. The number of para-hydroxylation sites is 6. The minimum Gasteiger partial charge on any atom is -0.551 e. The van der Waals surface area contributed by atoms with Crippen LogP contribution in [0.1, 0.15) is 0 Å². The van der Waals surface area contributed by atoms with Gasteiger partial charge in [0.15, 0.2) is 0 Å². The Kier molecular flexibility index (Phi) is 6.07. The molecule has 2 aliphatic heterocycles. The summed E-state index contributed by atoms with van der Waals surface area (Å²) >= 11 is 0. The average molecular weight is 751 g/mol. The van der Waals surface area contributed by atoms with E-state index in [4.69, 9.17) is 9.39 Å². The van der Waals surface area contributed by atoms with Crippen molar-refractivity contribution in [1.82, 2.24) is 8.97 Å². The van der Waals surface area contributed by atoms with E-state index in [1.807, 2.05) is 0 Å². The zero-order valence-corrected chi connectivity index (χ0v) is 31.7. The van der Waals surface area contributed by atoms with Crippen LogP contribution in [0.5, 0.6) is 17.2 Å². The van der Waals surface area contributed by atoms with Crippen molar-refractivity contribution < 1.29 is 9.39 Å². The lowest BCUT2D eigenvalue weighted by Gasteiger charge is -2.33. The van der Waals surface area contributed by atoms with Crippen molar-refractivity contribution >= 4 is 77.7 Å². The van der Waals surface area contributed by atoms with Crippen LogP contribution in [0.15, 0.2) is 188 Å². The first-order chi connectivity index (χ1) is 29.3. The normalized spacial score (nSPS) is 13.0. The second-order valence-electron chi connectivity index (χ2n) is 16.0. The predicted octanol–water partition coefficient (Wildman–Crippen LogP) is 12.5. The van der Waals surface area contributed by atoms with E-state index >= 15 is 0 Å². The summed E-state index contributed by atoms with van der Waals surface area (Å²) in [6.45, 7) is -0.329. The molecule has 272 valence electrons. The van der Waals surface area contributed by atoms with Gasteiger partial charge in [0.25, 0.3) is 0 Å². The Morgan fingerprint density at radius 2 is 1.00 bits per heavy atom. The van der Waals surface area contributed by atoms with Crippen LogP contribution in [0.2, 0.25) is 0 Å². The second-order valence-corrected chi connectivity index (χ2v) is 16.0. The van der Waals surface area contributed by atoms with Gasteiger partial charge < -0.3 is 18.4 Å². The Balaban J connectivity index is 0.932. The quantitative estimate of drug-likeness (QED) is 0.168. The molecule has 0 aliphatic carbocycles. The van der Waals surface area contributed by atoms with E-state index in [1.54, 1.807) is 0 Å². The smallest absolute Gasteiger partial charge is 0.434 e. The molecule has 0 amide bonds. The molecule has 5 heterocycles. The maximum absolute atomic E-state index is 6.99. The van der Waals surface area contributed by atoms with Crippen LogP contribution in [0.3, 0.4) is 0 Å². The number of hydrogen-bond acceptors (Lipinski definition) is 2. The first kappa shape index (κ1) is 31.3. The molecular formula is C54H31BN2O2. The number of aromatic nitrogens is 2. The molecule has 0 saturated carbocycles. The fourth-order valence-corrected chi connectivity index (χ4v) is 10.4. The van der Waals surface area contributed by atoms with Gasteiger partial charge in [0.1, 0.15) is 17.2 Å². The lowest BCUT2D eigenvalue weighted by molar-refractivity contribution is 0.479. The highest BCUT2D eigenvalue weighted by molar-refractivity contribution is 6.84. The van der Waals surface area contributed by atoms with Gasteiger partial charge in [-0.05, 0) is 82.9 Å². The molecule has 9 aromatic carbocycles. The van der Waals surface area contributed by atoms with E-state index in [0.717, 1.165) is 67.2 Å². The van der Waals surface area contributed by atoms with E-state index in [2.05, 4.69) is 197 Å². The van der Waals surface area contributed by atoms with E-state index in [0.29, 0.717) is 0 Å². The Morgan fingerprint density at radius 3 is 1.81 bits per heavy atom. The molecule has 14 rings (SSSR count). The Hall–Kier alpha value is -7.76. The van der Waals surface area contributed by atoms with Crippen LogP contribution >= 0.6 is 0 Å². The van der Waals surface area contributed by atoms with Crippen molar-refractivity contribution in [3.05, 3.63) is 188 Å². The SMILES string of the molecule is c1ccc2c(c1)OB1c3cc(-c4ccccc4-n4c5ccccc5c5ccccc54)ccc3Oc3cc(-c4ccc5c(c4)c4cccc6c7ccccc7n5c64)cc-2c31. The first-order valence-corrected chi connectivity index (χ1v) is 20.3. The molecule has 0 saturated heterocycles. The average Bonchev–Trinajstić information content (AvgIpc) is 3.94. The third-order valence-electron chi connectivity index (χ3n) is 12.9. The highest BCUT2D eigenvalue weighted by atomic mass is 16.5. The molecule has 5 heteroatoms. The fraction of sp³-hybridized carbons (Fsp3) is 0. The summed E-state index contributed by atoms with van der Waals surface area (Å²) in [5.74, 6) is 2.53. The number of benzene rings is 9. The summed E-state index contributed by atoms with van der Waals surface area (Å²) in [4.78, 5) is 0. The van der Waals surface area contributed by atoms with Gasteiger partial charge in [-0.1, -0.05) is 127 Å². The van der Waals surface area contributed by atoms with Gasteiger partial charge in [-0.2, -0.15) is 0 Å². The highest BCUT2D eigenvalue weighted by Crippen LogP contribution is 2.45. The molecule has 12 aromatic rings. The summed E-state index contributed by atoms with van der Waals surface area (Å²) in [6.07, 6.45) is 0. The Labute approximate surface area is 339 Å². The first-order valence-electron chi connectivity index (χ1n) is 20.3. The zero-order chi connectivity index (χ0) is 38.3.